The fraction of sp³-hybridized carbons (Fsp3) is 0.818. The highest BCUT2D eigenvalue weighted by molar-refractivity contribution is 5.95. The first kappa shape index (κ1) is 25.1. The fourth-order valence-electron chi connectivity index (χ4n) is 4.45. The average Bonchev–Trinajstić information content (AvgIpc) is 2.68. The van der Waals surface area contributed by atoms with E-state index in [9.17, 15) is 19.2 Å². The molecule has 0 aliphatic carbocycles. The number of rotatable bonds is 8. The molecule has 0 spiro atoms. The average molecular weight is 438 g/mol. The van der Waals surface area contributed by atoms with Crippen molar-refractivity contribution in [2.45, 2.75) is 78.6 Å². The summed E-state index contributed by atoms with van der Waals surface area (Å²) in [6, 6.07) is -2.31. The van der Waals surface area contributed by atoms with Gasteiger partial charge >= 0.3 is 0 Å². The maximum absolute atomic E-state index is 13.6. The monoisotopic (exact) mass is 437 g/mol. The molecule has 4 amide bonds. The summed E-state index contributed by atoms with van der Waals surface area (Å²) in [6.07, 6.45) is 1.26. The van der Waals surface area contributed by atoms with Crippen molar-refractivity contribution in [2.24, 2.45) is 17.6 Å². The minimum absolute atomic E-state index is 0.0427. The van der Waals surface area contributed by atoms with E-state index < -0.39 is 24.0 Å². The zero-order valence-electron chi connectivity index (χ0n) is 19.8. The van der Waals surface area contributed by atoms with Gasteiger partial charge in [0.15, 0.2) is 0 Å². The Morgan fingerprint density at radius 1 is 1.00 bits per heavy atom. The molecule has 9 nitrogen and oxygen atoms in total. The fourth-order valence-corrected chi connectivity index (χ4v) is 4.45. The molecule has 2 fully saturated rings. The number of primary amides is 1. The van der Waals surface area contributed by atoms with Crippen LogP contribution in [-0.2, 0) is 19.2 Å². The number of nitrogens with zero attached hydrogens (tertiary/aromatic N) is 3. The molecular weight excluding hydrogens is 398 g/mol. The smallest absolute Gasteiger partial charge is 0.246 e. The molecule has 0 radical (unpaired) electrons. The van der Waals surface area contributed by atoms with Crippen LogP contribution < -0.4 is 11.1 Å². The van der Waals surface area contributed by atoms with Gasteiger partial charge in [0.1, 0.15) is 18.1 Å². The Balaban J connectivity index is 2.22. The molecule has 2 unspecified atom stereocenters. The standard InChI is InChI=1S/C22H39N5O4/c1-13(2)11-17-21(30)27(8-7-24-17)18(12-14(3)4)22(31)26-10-9-25(15(5)19(23)28)20(29)16(26)6/h13-18,24H,7-12H2,1-6H3,(H2,23,28)/t15-,16?,17?,18-/m0/s1. The Morgan fingerprint density at radius 3 is 2.19 bits per heavy atom. The van der Waals surface area contributed by atoms with Crippen molar-refractivity contribution in [3.8, 4) is 0 Å². The van der Waals surface area contributed by atoms with Crippen molar-refractivity contribution in [2.75, 3.05) is 26.2 Å². The lowest BCUT2D eigenvalue weighted by Crippen LogP contribution is -2.66. The number of hydrogen-bond donors (Lipinski definition) is 2. The van der Waals surface area contributed by atoms with Crippen molar-refractivity contribution >= 4 is 23.6 Å². The van der Waals surface area contributed by atoms with Crippen molar-refractivity contribution in [3.63, 3.8) is 0 Å². The van der Waals surface area contributed by atoms with Gasteiger partial charge in [-0.2, -0.15) is 0 Å². The van der Waals surface area contributed by atoms with E-state index in [1.165, 1.54) is 4.90 Å². The predicted molar refractivity (Wildman–Crippen MR) is 118 cm³/mol. The van der Waals surface area contributed by atoms with E-state index in [2.05, 4.69) is 19.2 Å². The zero-order chi connectivity index (χ0) is 23.5. The third-order valence-corrected chi connectivity index (χ3v) is 6.24. The SMILES string of the molecule is CC(C)CC1NCCN([C@@H](CC(C)C)C(=O)N2CCN([C@@H](C)C(N)=O)C(=O)C2C)C1=O. The van der Waals surface area contributed by atoms with Gasteiger partial charge in [0.2, 0.25) is 23.6 Å². The van der Waals surface area contributed by atoms with Gasteiger partial charge in [-0.15, -0.1) is 0 Å². The number of amides is 4. The molecule has 0 aromatic heterocycles. The van der Waals surface area contributed by atoms with E-state index in [-0.39, 0.29) is 36.2 Å². The van der Waals surface area contributed by atoms with Gasteiger partial charge in [-0.05, 0) is 38.5 Å². The lowest BCUT2D eigenvalue weighted by Gasteiger charge is -2.45. The van der Waals surface area contributed by atoms with Crippen LogP contribution in [0, 0.1) is 11.8 Å². The Morgan fingerprint density at radius 2 is 1.65 bits per heavy atom. The summed E-state index contributed by atoms with van der Waals surface area (Å²) in [7, 11) is 0. The maximum Gasteiger partial charge on any atom is 0.246 e. The maximum atomic E-state index is 13.6. The first-order valence-electron chi connectivity index (χ1n) is 11.4. The van der Waals surface area contributed by atoms with Crippen molar-refractivity contribution in [1.29, 1.82) is 0 Å². The third-order valence-electron chi connectivity index (χ3n) is 6.24. The lowest BCUT2D eigenvalue weighted by molar-refractivity contribution is -0.159. The minimum Gasteiger partial charge on any atom is -0.368 e. The molecule has 9 heteroatoms. The molecule has 2 aliphatic rings. The summed E-state index contributed by atoms with van der Waals surface area (Å²) in [4.78, 5) is 55.9. The molecule has 2 aliphatic heterocycles. The molecule has 0 saturated carbocycles. The van der Waals surface area contributed by atoms with Crippen LogP contribution in [0.5, 0.6) is 0 Å². The number of nitrogens with one attached hydrogen (secondary N) is 1. The number of carbonyl (C=O) groups excluding carboxylic acids is 4. The number of piperazine rings is 2. The number of carbonyl (C=O) groups is 4. The van der Waals surface area contributed by atoms with E-state index in [1.807, 2.05) is 13.8 Å². The van der Waals surface area contributed by atoms with Gasteiger partial charge in [0, 0.05) is 26.2 Å². The summed E-state index contributed by atoms with van der Waals surface area (Å²) in [6.45, 7) is 13.1. The molecule has 176 valence electrons. The van der Waals surface area contributed by atoms with E-state index in [1.54, 1.807) is 23.6 Å². The normalized spacial score (nSPS) is 24.7. The summed E-state index contributed by atoms with van der Waals surface area (Å²) >= 11 is 0. The Kier molecular flexibility index (Phi) is 8.45. The molecule has 4 atom stereocenters. The first-order valence-corrected chi connectivity index (χ1v) is 11.4. The van der Waals surface area contributed by atoms with E-state index in [0.717, 1.165) is 6.42 Å². The van der Waals surface area contributed by atoms with E-state index >= 15 is 0 Å². The second-order valence-electron chi connectivity index (χ2n) is 9.63. The molecule has 2 saturated heterocycles. The predicted octanol–water partition coefficient (Wildman–Crippen LogP) is 0.181. The van der Waals surface area contributed by atoms with Gasteiger partial charge in [-0.25, -0.2) is 0 Å². The molecule has 0 aromatic rings. The highest BCUT2D eigenvalue weighted by Crippen LogP contribution is 2.23. The Bertz CT molecular complexity index is 695. The zero-order valence-corrected chi connectivity index (χ0v) is 19.8. The van der Waals surface area contributed by atoms with Gasteiger partial charge in [-0.3, -0.25) is 19.2 Å². The van der Waals surface area contributed by atoms with Crippen LogP contribution in [0.3, 0.4) is 0 Å². The molecular formula is C22H39N5O4. The minimum atomic E-state index is -0.717. The molecule has 2 rings (SSSR count). The number of hydrogen-bond acceptors (Lipinski definition) is 5. The Labute approximate surface area is 185 Å². The largest absolute Gasteiger partial charge is 0.368 e. The van der Waals surface area contributed by atoms with Crippen LogP contribution in [0.4, 0.5) is 0 Å². The van der Waals surface area contributed by atoms with E-state index in [0.29, 0.717) is 32.0 Å². The molecule has 3 N–H and O–H groups in total. The van der Waals surface area contributed by atoms with Gasteiger partial charge in [-0.1, -0.05) is 27.7 Å². The first-order chi connectivity index (χ1) is 14.5. The van der Waals surface area contributed by atoms with Crippen LogP contribution in [0.2, 0.25) is 0 Å². The third kappa shape index (κ3) is 5.75. The van der Waals surface area contributed by atoms with Crippen LogP contribution in [0.25, 0.3) is 0 Å². The van der Waals surface area contributed by atoms with Gasteiger partial charge in [0.25, 0.3) is 0 Å². The number of nitrogens with two attached hydrogens (primary N) is 1. The quantitative estimate of drug-likeness (QED) is 0.562. The van der Waals surface area contributed by atoms with Gasteiger partial charge < -0.3 is 25.8 Å². The summed E-state index contributed by atoms with van der Waals surface area (Å²) in [5.74, 6) is -0.529. The van der Waals surface area contributed by atoms with Crippen LogP contribution in [0.1, 0.15) is 54.4 Å². The van der Waals surface area contributed by atoms with Crippen LogP contribution in [0.15, 0.2) is 0 Å². The second-order valence-corrected chi connectivity index (χ2v) is 9.63. The van der Waals surface area contributed by atoms with Gasteiger partial charge in [0.05, 0.1) is 6.04 Å². The van der Waals surface area contributed by atoms with E-state index in [4.69, 9.17) is 5.73 Å². The summed E-state index contributed by atoms with van der Waals surface area (Å²) in [5.41, 5.74) is 5.37. The van der Waals surface area contributed by atoms with Crippen LogP contribution in [-0.4, -0.2) is 88.7 Å². The van der Waals surface area contributed by atoms with Crippen molar-refractivity contribution < 1.29 is 19.2 Å². The summed E-state index contributed by atoms with van der Waals surface area (Å²) in [5, 5.41) is 3.28. The van der Waals surface area contributed by atoms with Crippen molar-refractivity contribution in [1.82, 2.24) is 20.0 Å². The highest BCUT2D eigenvalue weighted by Gasteiger charge is 2.43. The lowest BCUT2D eigenvalue weighted by atomic mass is 9.95. The Hall–Kier alpha value is -2.16. The molecule has 0 bridgehead atoms. The molecule has 2 heterocycles. The van der Waals surface area contributed by atoms with Crippen LogP contribution >= 0.6 is 0 Å². The molecule has 0 aromatic carbocycles. The molecule has 31 heavy (non-hydrogen) atoms. The van der Waals surface area contributed by atoms with Crippen molar-refractivity contribution in [3.05, 3.63) is 0 Å². The summed E-state index contributed by atoms with van der Waals surface area (Å²) < 4.78 is 0. The highest BCUT2D eigenvalue weighted by atomic mass is 16.2. The second kappa shape index (κ2) is 10.4. The topological polar surface area (TPSA) is 116 Å².